The lowest BCUT2D eigenvalue weighted by atomic mass is 9.47. The Hall–Kier alpha value is -0.750. The Labute approximate surface area is 155 Å². The highest BCUT2D eigenvalue weighted by Crippen LogP contribution is 2.64. The maximum Gasteiger partial charge on any atom is 0.159 e. The average Bonchev–Trinajstić information content (AvgIpc) is 2.93. The molecule has 2 N–H and O–H groups in total. The summed E-state index contributed by atoms with van der Waals surface area (Å²) in [5.41, 5.74) is 1.01. The second-order valence-electron chi connectivity index (χ2n) is 9.29. The molecule has 7 atom stereocenters. The minimum absolute atomic E-state index is 0.0122. The standard InChI is InChI=1S/C21H32O5/c1-3-25-26-12-21-7-5-16-19(17(21)10-15(23)11-21)18(24)9-13-8-14(22)4-6-20(13,16)2/h9,14-17,19,22-23H,3-8,10-12H2,1-2H3/t14-,15-,16+,17+,19-,20+,21-/m1/s1. The van der Waals surface area contributed by atoms with Gasteiger partial charge in [0.15, 0.2) is 5.78 Å². The molecule has 0 amide bonds. The van der Waals surface area contributed by atoms with Crippen molar-refractivity contribution in [2.45, 2.75) is 71.0 Å². The fourth-order valence-electron chi connectivity index (χ4n) is 6.69. The topological polar surface area (TPSA) is 76.0 Å². The van der Waals surface area contributed by atoms with E-state index in [9.17, 15) is 15.0 Å². The number of aliphatic hydroxyl groups excluding tert-OH is 2. The molecule has 0 spiro atoms. The van der Waals surface area contributed by atoms with Crippen LogP contribution in [0.25, 0.3) is 0 Å². The van der Waals surface area contributed by atoms with E-state index in [0.717, 1.165) is 31.3 Å². The first kappa shape index (κ1) is 18.6. The highest BCUT2D eigenvalue weighted by atomic mass is 17.2. The van der Waals surface area contributed by atoms with Crippen LogP contribution in [0.4, 0.5) is 0 Å². The lowest BCUT2D eigenvalue weighted by Crippen LogP contribution is -2.54. The van der Waals surface area contributed by atoms with Crippen molar-refractivity contribution in [1.29, 1.82) is 0 Å². The maximum absolute atomic E-state index is 13.1. The Morgan fingerprint density at radius 2 is 1.96 bits per heavy atom. The van der Waals surface area contributed by atoms with Gasteiger partial charge in [-0.1, -0.05) is 12.5 Å². The van der Waals surface area contributed by atoms with Crippen LogP contribution in [0, 0.1) is 28.6 Å². The van der Waals surface area contributed by atoms with Crippen molar-refractivity contribution < 1.29 is 24.8 Å². The Bertz CT molecular complexity index is 601. The molecule has 0 aromatic carbocycles. The van der Waals surface area contributed by atoms with Gasteiger partial charge in [0.05, 0.1) is 25.4 Å². The zero-order valence-electron chi connectivity index (χ0n) is 15.9. The molecule has 0 radical (unpaired) electrons. The molecule has 0 saturated heterocycles. The number of fused-ring (bicyclic) bond motifs is 5. The van der Waals surface area contributed by atoms with Crippen molar-refractivity contribution >= 4 is 5.78 Å². The summed E-state index contributed by atoms with van der Waals surface area (Å²) < 4.78 is 0. The van der Waals surface area contributed by atoms with Gasteiger partial charge in [0.25, 0.3) is 0 Å². The number of hydrogen-bond acceptors (Lipinski definition) is 5. The van der Waals surface area contributed by atoms with Gasteiger partial charge in [0, 0.05) is 11.3 Å². The van der Waals surface area contributed by atoms with E-state index in [4.69, 9.17) is 9.78 Å². The second kappa shape index (κ2) is 6.69. The van der Waals surface area contributed by atoms with Gasteiger partial charge in [-0.25, -0.2) is 9.78 Å². The first-order chi connectivity index (χ1) is 12.4. The fraction of sp³-hybridized carbons (Fsp3) is 0.857. The maximum atomic E-state index is 13.1. The molecular weight excluding hydrogens is 332 g/mol. The Morgan fingerprint density at radius 1 is 1.15 bits per heavy atom. The smallest absolute Gasteiger partial charge is 0.159 e. The summed E-state index contributed by atoms with van der Waals surface area (Å²) in [6.45, 7) is 5.15. The van der Waals surface area contributed by atoms with Gasteiger partial charge in [0.2, 0.25) is 0 Å². The Morgan fingerprint density at radius 3 is 2.73 bits per heavy atom. The molecule has 0 unspecified atom stereocenters. The van der Waals surface area contributed by atoms with Gasteiger partial charge in [-0.15, -0.1) is 0 Å². The van der Waals surface area contributed by atoms with E-state index >= 15 is 0 Å². The van der Waals surface area contributed by atoms with Crippen LogP contribution in [-0.4, -0.2) is 41.4 Å². The average molecular weight is 364 g/mol. The number of carbonyl (C=O) groups is 1. The van der Waals surface area contributed by atoms with Gasteiger partial charge in [-0.2, -0.15) is 0 Å². The molecule has 146 valence electrons. The highest BCUT2D eigenvalue weighted by Gasteiger charge is 2.61. The molecule has 4 aliphatic carbocycles. The van der Waals surface area contributed by atoms with Gasteiger partial charge in [0.1, 0.15) is 0 Å². The van der Waals surface area contributed by atoms with Crippen LogP contribution in [-0.2, 0) is 14.6 Å². The molecule has 3 saturated carbocycles. The van der Waals surface area contributed by atoms with E-state index in [2.05, 4.69) is 6.92 Å². The summed E-state index contributed by atoms with van der Waals surface area (Å²) in [5, 5.41) is 20.5. The molecule has 0 aliphatic heterocycles. The minimum atomic E-state index is -0.358. The van der Waals surface area contributed by atoms with Crippen molar-refractivity contribution in [3.05, 3.63) is 11.6 Å². The molecule has 0 aromatic rings. The third kappa shape index (κ3) is 2.79. The summed E-state index contributed by atoms with van der Waals surface area (Å²) in [7, 11) is 0. The number of ketones is 1. The van der Waals surface area contributed by atoms with Gasteiger partial charge < -0.3 is 10.2 Å². The van der Waals surface area contributed by atoms with Crippen LogP contribution in [0.15, 0.2) is 11.6 Å². The summed E-state index contributed by atoms with van der Waals surface area (Å²) in [4.78, 5) is 23.8. The molecule has 3 fully saturated rings. The Balaban J connectivity index is 1.65. The molecule has 26 heavy (non-hydrogen) atoms. The van der Waals surface area contributed by atoms with E-state index in [0.29, 0.717) is 38.4 Å². The predicted molar refractivity (Wildman–Crippen MR) is 96.0 cm³/mol. The van der Waals surface area contributed by atoms with Crippen molar-refractivity contribution in [3.8, 4) is 0 Å². The molecule has 0 heterocycles. The number of allylic oxidation sites excluding steroid dienone is 1. The largest absolute Gasteiger partial charge is 0.393 e. The molecular formula is C21H32O5. The van der Waals surface area contributed by atoms with Crippen molar-refractivity contribution in [2.75, 3.05) is 13.2 Å². The molecule has 4 aliphatic rings. The van der Waals surface area contributed by atoms with Gasteiger partial charge in [-0.05, 0) is 75.2 Å². The zero-order chi connectivity index (χ0) is 18.5. The molecule has 0 bridgehead atoms. The minimum Gasteiger partial charge on any atom is -0.393 e. The summed E-state index contributed by atoms with van der Waals surface area (Å²) >= 11 is 0. The van der Waals surface area contributed by atoms with Gasteiger partial charge in [-0.3, -0.25) is 4.79 Å². The van der Waals surface area contributed by atoms with Crippen LogP contribution >= 0.6 is 0 Å². The normalized spacial score (nSPS) is 47.8. The lowest BCUT2D eigenvalue weighted by Gasteiger charge is -2.56. The highest BCUT2D eigenvalue weighted by molar-refractivity contribution is 5.94. The van der Waals surface area contributed by atoms with Crippen molar-refractivity contribution in [1.82, 2.24) is 0 Å². The Kier molecular flexibility index (Phi) is 4.79. The van der Waals surface area contributed by atoms with Crippen LogP contribution in [0.5, 0.6) is 0 Å². The monoisotopic (exact) mass is 364 g/mol. The zero-order valence-corrected chi connectivity index (χ0v) is 15.9. The molecule has 4 rings (SSSR count). The van der Waals surface area contributed by atoms with Gasteiger partial charge >= 0.3 is 0 Å². The molecule has 5 nitrogen and oxygen atoms in total. The molecule has 0 aromatic heterocycles. The van der Waals surface area contributed by atoms with E-state index in [1.165, 1.54) is 0 Å². The predicted octanol–water partition coefficient (Wildman–Crippen LogP) is 2.80. The summed E-state index contributed by atoms with van der Waals surface area (Å²) in [6, 6.07) is 0. The quantitative estimate of drug-likeness (QED) is 0.456. The number of carbonyl (C=O) groups excluding carboxylic acids is 1. The first-order valence-corrected chi connectivity index (χ1v) is 10.2. The number of rotatable bonds is 4. The van der Waals surface area contributed by atoms with E-state index < -0.39 is 0 Å². The summed E-state index contributed by atoms with van der Waals surface area (Å²) in [5.74, 6) is 0.648. The van der Waals surface area contributed by atoms with Crippen LogP contribution in [0.3, 0.4) is 0 Å². The first-order valence-electron chi connectivity index (χ1n) is 10.2. The second-order valence-corrected chi connectivity index (χ2v) is 9.29. The molecule has 5 heteroatoms. The number of aliphatic hydroxyl groups is 2. The third-order valence-corrected chi connectivity index (χ3v) is 7.97. The van der Waals surface area contributed by atoms with Crippen LogP contribution in [0.2, 0.25) is 0 Å². The summed E-state index contributed by atoms with van der Waals surface area (Å²) in [6.07, 6.45) is 6.92. The van der Waals surface area contributed by atoms with Crippen LogP contribution in [0.1, 0.15) is 58.8 Å². The fourth-order valence-corrected chi connectivity index (χ4v) is 6.69. The van der Waals surface area contributed by atoms with E-state index in [-0.39, 0.29) is 40.7 Å². The lowest BCUT2D eigenvalue weighted by molar-refractivity contribution is -0.313. The van der Waals surface area contributed by atoms with E-state index in [1.807, 2.05) is 13.0 Å². The van der Waals surface area contributed by atoms with E-state index in [1.54, 1.807) is 0 Å². The van der Waals surface area contributed by atoms with Crippen LogP contribution < -0.4 is 0 Å². The van der Waals surface area contributed by atoms with Crippen molar-refractivity contribution in [2.24, 2.45) is 28.6 Å². The SMILES string of the molecule is CCOOC[C@]12CC[C@H]3[C@@H](C(=O)C=C4C[C@H](O)CC[C@@]43C)[C@@H]1C[C@@H](O)C2. The van der Waals surface area contributed by atoms with Crippen molar-refractivity contribution in [3.63, 3.8) is 0 Å². The third-order valence-electron chi connectivity index (χ3n) is 7.97. The number of hydrogen-bond donors (Lipinski definition) is 2.